The molecule has 3 heteroatoms. The van der Waals surface area contributed by atoms with Crippen molar-refractivity contribution in [1.82, 2.24) is 5.32 Å². The van der Waals surface area contributed by atoms with E-state index in [9.17, 15) is 0 Å². The van der Waals surface area contributed by atoms with Crippen LogP contribution in [0.25, 0.3) is 10.4 Å². The number of halogens is 1. The highest BCUT2D eigenvalue weighted by Gasteiger charge is 2.13. The Morgan fingerprint density at radius 2 is 1.95 bits per heavy atom. The molecule has 21 heavy (non-hydrogen) atoms. The van der Waals surface area contributed by atoms with E-state index in [1.54, 1.807) is 0 Å². The van der Waals surface area contributed by atoms with Gasteiger partial charge in [0.2, 0.25) is 0 Å². The zero-order valence-corrected chi connectivity index (χ0v) is 15.5. The number of nitrogens with one attached hydrogen (secondary N) is 1. The van der Waals surface area contributed by atoms with E-state index in [2.05, 4.69) is 72.3 Å². The molecule has 1 aromatic heterocycles. The van der Waals surface area contributed by atoms with Gasteiger partial charge in [0.25, 0.3) is 0 Å². The Balaban J connectivity index is 2.20. The van der Waals surface area contributed by atoms with Crippen molar-refractivity contribution in [3.8, 4) is 10.4 Å². The molecule has 0 aliphatic carbocycles. The Hall–Kier alpha value is -0.640. The summed E-state index contributed by atoms with van der Waals surface area (Å²) in [7, 11) is 0. The van der Waals surface area contributed by atoms with Gasteiger partial charge in [-0.2, -0.15) is 0 Å². The first kappa shape index (κ1) is 16.7. The summed E-state index contributed by atoms with van der Waals surface area (Å²) in [5.41, 5.74) is 2.58. The standard InChI is InChI=1S/C18H24BrNS/c1-4-6-16(20-11-5-2)18-10-9-17(21-18)14-8-7-13(3)15(19)12-14/h7-10,12,16,20H,4-6,11H2,1-3H3. The Labute approximate surface area is 140 Å². The second kappa shape index (κ2) is 8.11. The monoisotopic (exact) mass is 365 g/mol. The van der Waals surface area contributed by atoms with Crippen LogP contribution in [0.4, 0.5) is 0 Å². The van der Waals surface area contributed by atoms with Crippen LogP contribution < -0.4 is 5.32 Å². The molecule has 2 aromatic rings. The zero-order valence-electron chi connectivity index (χ0n) is 13.1. The van der Waals surface area contributed by atoms with Gasteiger partial charge in [-0.3, -0.25) is 0 Å². The predicted octanol–water partition coefficient (Wildman–Crippen LogP) is 6.33. The molecule has 1 heterocycles. The van der Waals surface area contributed by atoms with Gasteiger partial charge < -0.3 is 5.32 Å². The maximum Gasteiger partial charge on any atom is 0.0414 e. The van der Waals surface area contributed by atoms with Crippen LogP contribution in [0, 0.1) is 6.92 Å². The lowest BCUT2D eigenvalue weighted by atomic mass is 10.1. The third-order valence-electron chi connectivity index (χ3n) is 3.64. The molecule has 0 bridgehead atoms. The summed E-state index contributed by atoms with van der Waals surface area (Å²) in [6.07, 6.45) is 3.60. The van der Waals surface area contributed by atoms with Crippen molar-refractivity contribution < 1.29 is 0 Å². The molecule has 0 radical (unpaired) electrons. The van der Waals surface area contributed by atoms with E-state index < -0.39 is 0 Å². The molecule has 1 unspecified atom stereocenters. The molecule has 2 rings (SSSR count). The maximum absolute atomic E-state index is 3.67. The highest BCUT2D eigenvalue weighted by molar-refractivity contribution is 9.10. The van der Waals surface area contributed by atoms with Crippen molar-refractivity contribution in [3.05, 3.63) is 45.2 Å². The van der Waals surface area contributed by atoms with Gasteiger partial charge in [0, 0.05) is 20.3 Å². The summed E-state index contributed by atoms with van der Waals surface area (Å²) in [5, 5.41) is 3.67. The van der Waals surface area contributed by atoms with E-state index >= 15 is 0 Å². The summed E-state index contributed by atoms with van der Waals surface area (Å²) >= 11 is 5.55. The van der Waals surface area contributed by atoms with Gasteiger partial charge >= 0.3 is 0 Å². The number of benzene rings is 1. The zero-order chi connectivity index (χ0) is 15.2. The van der Waals surface area contributed by atoms with Gasteiger partial charge in [-0.05, 0) is 55.6 Å². The normalized spacial score (nSPS) is 12.6. The Morgan fingerprint density at radius 3 is 2.62 bits per heavy atom. The van der Waals surface area contributed by atoms with Crippen LogP contribution in [-0.4, -0.2) is 6.54 Å². The van der Waals surface area contributed by atoms with Crippen LogP contribution in [0.3, 0.4) is 0 Å². The lowest BCUT2D eigenvalue weighted by Crippen LogP contribution is -2.21. The molecule has 0 saturated heterocycles. The smallest absolute Gasteiger partial charge is 0.0414 e. The fourth-order valence-electron chi connectivity index (χ4n) is 2.39. The summed E-state index contributed by atoms with van der Waals surface area (Å²) < 4.78 is 1.18. The Morgan fingerprint density at radius 1 is 1.14 bits per heavy atom. The second-order valence-corrected chi connectivity index (χ2v) is 7.43. The summed E-state index contributed by atoms with van der Waals surface area (Å²) in [6, 6.07) is 11.7. The van der Waals surface area contributed by atoms with Crippen LogP contribution >= 0.6 is 27.3 Å². The van der Waals surface area contributed by atoms with E-state index in [0.29, 0.717) is 6.04 Å². The molecule has 1 aromatic carbocycles. The summed E-state index contributed by atoms with van der Waals surface area (Å²) in [6.45, 7) is 7.69. The van der Waals surface area contributed by atoms with Crippen LogP contribution in [0.1, 0.15) is 49.6 Å². The van der Waals surface area contributed by atoms with Crippen LogP contribution in [-0.2, 0) is 0 Å². The lowest BCUT2D eigenvalue weighted by molar-refractivity contribution is 0.501. The van der Waals surface area contributed by atoms with Crippen molar-refractivity contribution in [1.29, 1.82) is 0 Å². The van der Waals surface area contributed by atoms with Crippen molar-refractivity contribution in [2.45, 2.75) is 46.1 Å². The number of rotatable bonds is 7. The van der Waals surface area contributed by atoms with Crippen molar-refractivity contribution in [3.63, 3.8) is 0 Å². The topological polar surface area (TPSA) is 12.0 Å². The van der Waals surface area contributed by atoms with Gasteiger partial charge in [0.05, 0.1) is 0 Å². The highest BCUT2D eigenvalue weighted by Crippen LogP contribution is 2.34. The third-order valence-corrected chi connectivity index (χ3v) is 5.75. The minimum absolute atomic E-state index is 0.502. The molecule has 1 atom stereocenters. The van der Waals surface area contributed by atoms with Crippen LogP contribution in [0.5, 0.6) is 0 Å². The van der Waals surface area contributed by atoms with Crippen molar-refractivity contribution in [2.75, 3.05) is 6.54 Å². The van der Waals surface area contributed by atoms with Gasteiger partial charge in [-0.1, -0.05) is 48.3 Å². The first-order chi connectivity index (χ1) is 10.2. The number of hydrogen-bond acceptors (Lipinski definition) is 2. The van der Waals surface area contributed by atoms with E-state index in [0.717, 1.165) is 6.54 Å². The predicted molar refractivity (Wildman–Crippen MR) is 98.1 cm³/mol. The molecule has 114 valence electrons. The fourth-order valence-corrected chi connectivity index (χ4v) is 3.89. The molecule has 0 amide bonds. The van der Waals surface area contributed by atoms with Gasteiger partial charge in [0.15, 0.2) is 0 Å². The minimum Gasteiger partial charge on any atom is -0.309 e. The number of aryl methyl sites for hydroxylation is 1. The first-order valence-electron chi connectivity index (χ1n) is 7.75. The molecular formula is C18H24BrNS. The van der Waals surface area contributed by atoms with Crippen LogP contribution in [0.15, 0.2) is 34.8 Å². The summed E-state index contributed by atoms with van der Waals surface area (Å²) in [5.74, 6) is 0. The van der Waals surface area contributed by atoms with E-state index in [1.807, 2.05) is 11.3 Å². The second-order valence-electron chi connectivity index (χ2n) is 5.46. The van der Waals surface area contributed by atoms with E-state index in [1.165, 1.54) is 44.6 Å². The molecular weight excluding hydrogens is 342 g/mol. The van der Waals surface area contributed by atoms with Crippen LogP contribution in [0.2, 0.25) is 0 Å². The first-order valence-corrected chi connectivity index (χ1v) is 9.36. The lowest BCUT2D eigenvalue weighted by Gasteiger charge is -2.16. The third kappa shape index (κ3) is 4.41. The van der Waals surface area contributed by atoms with Gasteiger partial charge in [-0.25, -0.2) is 0 Å². The molecule has 1 nitrogen and oxygen atoms in total. The van der Waals surface area contributed by atoms with Gasteiger partial charge in [-0.15, -0.1) is 11.3 Å². The van der Waals surface area contributed by atoms with Crippen molar-refractivity contribution in [2.24, 2.45) is 0 Å². The fraction of sp³-hybridized carbons (Fsp3) is 0.444. The molecule has 0 saturated carbocycles. The van der Waals surface area contributed by atoms with E-state index in [4.69, 9.17) is 0 Å². The highest BCUT2D eigenvalue weighted by atomic mass is 79.9. The Kier molecular flexibility index (Phi) is 6.46. The number of thiophene rings is 1. The number of hydrogen-bond donors (Lipinski definition) is 1. The SMILES string of the molecule is CCCNC(CCC)c1ccc(-c2ccc(C)c(Br)c2)s1. The quantitative estimate of drug-likeness (QED) is 0.604. The molecule has 0 fully saturated rings. The Bertz CT molecular complexity index is 576. The maximum atomic E-state index is 3.67. The molecule has 0 aliphatic heterocycles. The molecule has 0 aliphatic rings. The minimum atomic E-state index is 0.502. The molecule has 1 N–H and O–H groups in total. The average Bonchev–Trinajstić information content (AvgIpc) is 2.96. The summed E-state index contributed by atoms with van der Waals surface area (Å²) in [4.78, 5) is 2.81. The average molecular weight is 366 g/mol. The van der Waals surface area contributed by atoms with E-state index in [-0.39, 0.29) is 0 Å². The van der Waals surface area contributed by atoms with Gasteiger partial charge in [0.1, 0.15) is 0 Å². The largest absolute Gasteiger partial charge is 0.309 e. The molecule has 0 spiro atoms. The van der Waals surface area contributed by atoms with Crippen molar-refractivity contribution >= 4 is 27.3 Å².